The molecule has 1 heterocycles. The summed E-state index contributed by atoms with van der Waals surface area (Å²) >= 11 is 0. The van der Waals surface area contributed by atoms with Crippen molar-refractivity contribution in [3.8, 4) is 0 Å². The van der Waals surface area contributed by atoms with Gasteiger partial charge in [-0.05, 0) is 62.7 Å². The highest BCUT2D eigenvalue weighted by atomic mass is 16.8. The summed E-state index contributed by atoms with van der Waals surface area (Å²) in [6.07, 6.45) is 5.11. The number of ether oxygens (including phenoxy) is 2. The van der Waals surface area contributed by atoms with Crippen LogP contribution in [0.1, 0.15) is 40.0 Å². The maximum atomic E-state index is 6.13. The van der Waals surface area contributed by atoms with Gasteiger partial charge in [-0.15, -0.1) is 0 Å². The molecule has 16 heavy (non-hydrogen) atoms. The van der Waals surface area contributed by atoms with Crippen LogP contribution in [-0.4, -0.2) is 18.0 Å². The highest BCUT2D eigenvalue weighted by Crippen LogP contribution is 2.63. The zero-order valence-electron chi connectivity index (χ0n) is 10.5. The van der Waals surface area contributed by atoms with Crippen LogP contribution in [-0.2, 0) is 9.47 Å². The predicted molar refractivity (Wildman–Crippen MR) is 60.8 cm³/mol. The molecule has 2 heteroatoms. The summed E-state index contributed by atoms with van der Waals surface area (Å²) in [5.74, 6) is 4.15. The third-order valence-corrected chi connectivity index (χ3v) is 5.55. The van der Waals surface area contributed by atoms with Crippen molar-refractivity contribution in [1.29, 1.82) is 0 Å². The van der Waals surface area contributed by atoms with Gasteiger partial charge in [0.15, 0.2) is 5.79 Å². The lowest BCUT2D eigenvalue weighted by Gasteiger charge is -2.31. The first-order valence-corrected chi connectivity index (χ1v) is 6.91. The summed E-state index contributed by atoms with van der Waals surface area (Å²) in [7, 11) is 0. The van der Waals surface area contributed by atoms with Gasteiger partial charge in [0.1, 0.15) is 0 Å². The van der Waals surface area contributed by atoms with E-state index >= 15 is 0 Å². The smallest absolute Gasteiger partial charge is 0.163 e. The number of rotatable bonds is 0. The van der Waals surface area contributed by atoms with Crippen molar-refractivity contribution in [2.45, 2.75) is 58.0 Å². The van der Waals surface area contributed by atoms with Gasteiger partial charge in [-0.2, -0.15) is 0 Å². The van der Waals surface area contributed by atoms with E-state index in [1.165, 1.54) is 19.3 Å². The van der Waals surface area contributed by atoms with Crippen molar-refractivity contribution < 1.29 is 9.47 Å². The molecule has 3 saturated carbocycles. The van der Waals surface area contributed by atoms with E-state index in [4.69, 9.17) is 9.47 Å². The maximum absolute atomic E-state index is 6.13. The molecule has 0 amide bonds. The number of hydrogen-bond acceptors (Lipinski definition) is 2. The molecule has 3 aliphatic carbocycles. The fraction of sp³-hybridized carbons (Fsp3) is 1.00. The Kier molecular flexibility index (Phi) is 1.76. The van der Waals surface area contributed by atoms with Crippen molar-refractivity contribution in [3.63, 3.8) is 0 Å². The standard InChI is InChI=1S/C14H22O2/c1-7-4-8-9(5-7)11-6-10(8)12-13(11)16-14(2,3)15-12/h7-13H,4-6H2,1-3H3. The highest BCUT2D eigenvalue weighted by molar-refractivity contribution is 5.11. The van der Waals surface area contributed by atoms with Gasteiger partial charge in [0.2, 0.25) is 0 Å². The minimum atomic E-state index is -0.323. The van der Waals surface area contributed by atoms with Gasteiger partial charge >= 0.3 is 0 Å². The molecule has 1 saturated heterocycles. The minimum absolute atomic E-state index is 0.323. The summed E-state index contributed by atoms with van der Waals surface area (Å²) in [6, 6.07) is 0. The second kappa shape index (κ2) is 2.84. The zero-order valence-corrected chi connectivity index (χ0v) is 10.5. The monoisotopic (exact) mass is 222 g/mol. The number of fused-ring (bicyclic) bond motifs is 8. The molecule has 0 aromatic carbocycles. The SMILES string of the molecule is CC1CC2C(C1)C1CC2C2OC(C)(C)OC12. The van der Waals surface area contributed by atoms with Gasteiger partial charge < -0.3 is 9.47 Å². The van der Waals surface area contributed by atoms with Crippen molar-refractivity contribution in [1.82, 2.24) is 0 Å². The van der Waals surface area contributed by atoms with Crippen molar-refractivity contribution in [2.75, 3.05) is 0 Å². The third kappa shape index (κ3) is 1.10. The second-order valence-electron chi connectivity index (χ2n) is 7.03. The van der Waals surface area contributed by atoms with Crippen LogP contribution in [0.15, 0.2) is 0 Å². The topological polar surface area (TPSA) is 18.5 Å². The highest BCUT2D eigenvalue weighted by Gasteiger charge is 2.65. The van der Waals surface area contributed by atoms with E-state index in [0.29, 0.717) is 12.2 Å². The van der Waals surface area contributed by atoms with Crippen LogP contribution >= 0.6 is 0 Å². The lowest BCUT2D eigenvalue weighted by molar-refractivity contribution is -0.158. The molecular weight excluding hydrogens is 200 g/mol. The normalized spacial score (nSPS) is 61.3. The fourth-order valence-electron chi connectivity index (χ4n) is 5.26. The van der Waals surface area contributed by atoms with Crippen molar-refractivity contribution in [3.05, 3.63) is 0 Å². The quantitative estimate of drug-likeness (QED) is 0.627. The molecular formula is C14H22O2. The van der Waals surface area contributed by atoms with Crippen molar-refractivity contribution in [2.24, 2.45) is 29.6 Å². The Morgan fingerprint density at radius 1 is 0.812 bits per heavy atom. The summed E-state index contributed by atoms with van der Waals surface area (Å²) in [5, 5.41) is 0. The molecule has 2 bridgehead atoms. The van der Waals surface area contributed by atoms with Crippen LogP contribution in [0.2, 0.25) is 0 Å². The Bertz CT molecular complexity index is 297. The third-order valence-electron chi connectivity index (χ3n) is 5.55. The fourth-order valence-corrected chi connectivity index (χ4v) is 5.26. The Morgan fingerprint density at radius 3 is 1.81 bits per heavy atom. The van der Waals surface area contributed by atoms with Crippen molar-refractivity contribution >= 4 is 0 Å². The molecule has 6 atom stereocenters. The Balaban J connectivity index is 1.64. The molecule has 4 aliphatic rings. The summed E-state index contributed by atoms with van der Waals surface area (Å²) in [6.45, 7) is 6.56. The van der Waals surface area contributed by atoms with E-state index in [-0.39, 0.29) is 5.79 Å². The molecule has 4 rings (SSSR count). The van der Waals surface area contributed by atoms with Crippen LogP contribution < -0.4 is 0 Å². The van der Waals surface area contributed by atoms with Gasteiger partial charge in [0, 0.05) is 0 Å². The Morgan fingerprint density at radius 2 is 1.31 bits per heavy atom. The van der Waals surface area contributed by atoms with E-state index < -0.39 is 0 Å². The summed E-state index contributed by atoms with van der Waals surface area (Å²) in [5.41, 5.74) is 0. The van der Waals surface area contributed by atoms with Crippen LogP contribution in [0, 0.1) is 29.6 Å². The van der Waals surface area contributed by atoms with Gasteiger partial charge in [0.05, 0.1) is 12.2 Å². The lowest BCUT2D eigenvalue weighted by atomic mass is 9.79. The van der Waals surface area contributed by atoms with E-state index in [0.717, 1.165) is 29.6 Å². The lowest BCUT2D eigenvalue weighted by Crippen LogP contribution is -2.37. The van der Waals surface area contributed by atoms with E-state index in [1.807, 2.05) is 0 Å². The zero-order chi connectivity index (χ0) is 11.1. The maximum Gasteiger partial charge on any atom is 0.163 e. The molecule has 1 aliphatic heterocycles. The molecule has 90 valence electrons. The molecule has 6 unspecified atom stereocenters. The van der Waals surface area contributed by atoms with E-state index in [1.54, 1.807) is 0 Å². The molecule has 0 aromatic rings. The van der Waals surface area contributed by atoms with Crippen LogP contribution in [0.4, 0.5) is 0 Å². The average molecular weight is 222 g/mol. The van der Waals surface area contributed by atoms with E-state index in [9.17, 15) is 0 Å². The second-order valence-corrected chi connectivity index (χ2v) is 7.03. The number of hydrogen-bond donors (Lipinski definition) is 0. The largest absolute Gasteiger partial charge is 0.344 e. The molecule has 2 nitrogen and oxygen atoms in total. The molecule has 0 radical (unpaired) electrons. The molecule has 0 spiro atoms. The molecule has 0 N–H and O–H groups in total. The van der Waals surface area contributed by atoms with Gasteiger partial charge in [-0.25, -0.2) is 0 Å². The first-order chi connectivity index (χ1) is 7.55. The molecule has 0 aromatic heterocycles. The van der Waals surface area contributed by atoms with Crippen LogP contribution in [0.3, 0.4) is 0 Å². The Hall–Kier alpha value is -0.0800. The van der Waals surface area contributed by atoms with Gasteiger partial charge in [-0.1, -0.05) is 6.92 Å². The average Bonchev–Trinajstić information content (AvgIpc) is 2.79. The summed E-state index contributed by atoms with van der Waals surface area (Å²) < 4.78 is 12.3. The first-order valence-electron chi connectivity index (χ1n) is 6.91. The van der Waals surface area contributed by atoms with E-state index in [2.05, 4.69) is 20.8 Å². The first kappa shape index (κ1) is 9.90. The van der Waals surface area contributed by atoms with Crippen LogP contribution in [0.5, 0.6) is 0 Å². The minimum Gasteiger partial charge on any atom is -0.344 e. The summed E-state index contributed by atoms with van der Waals surface area (Å²) in [4.78, 5) is 0. The van der Waals surface area contributed by atoms with Gasteiger partial charge in [0.25, 0.3) is 0 Å². The van der Waals surface area contributed by atoms with Gasteiger partial charge in [-0.3, -0.25) is 0 Å². The molecule has 4 fully saturated rings. The predicted octanol–water partition coefficient (Wildman–Crippen LogP) is 2.82. The van der Waals surface area contributed by atoms with Crippen LogP contribution in [0.25, 0.3) is 0 Å². The Labute approximate surface area is 97.7 Å².